The van der Waals surface area contributed by atoms with Crippen LogP contribution in [0.5, 0.6) is 0 Å². The average molecular weight is 289 g/mol. The standard InChI is InChI=1S/C14H12F5N/c1-2-20-7-8(14(18)19)3-4-12(20)13-10(16)5-9(15)6-11(13)17/h3-6,14H,2,7H2,1H3. The number of hydrogen-bond donors (Lipinski definition) is 0. The molecule has 0 radical (unpaired) electrons. The fourth-order valence-electron chi connectivity index (χ4n) is 2.10. The largest absolute Gasteiger partial charge is 0.367 e. The molecule has 0 saturated heterocycles. The molecule has 1 aliphatic rings. The minimum absolute atomic E-state index is 0.115. The fourth-order valence-corrected chi connectivity index (χ4v) is 2.10. The van der Waals surface area contributed by atoms with Crippen molar-refractivity contribution in [3.8, 4) is 0 Å². The fraction of sp³-hybridized carbons (Fsp3) is 0.286. The van der Waals surface area contributed by atoms with Gasteiger partial charge in [0.05, 0.1) is 11.3 Å². The molecule has 0 bridgehead atoms. The van der Waals surface area contributed by atoms with Gasteiger partial charge in [-0.3, -0.25) is 0 Å². The normalized spacial score (nSPS) is 15.4. The lowest BCUT2D eigenvalue weighted by Crippen LogP contribution is -2.29. The first-order valence-electron chi connectivity index (χ1n) is 6.02. The molecule has 0 spiro atoms. The van der Waals surface area contributed by atoms with Crippen LogP contribution in [-0.2, 0) is 0 Å². The van der Waals surface area contributed by atoms with Crippen molar-refractivity contribution in [2.75, 3.05) is 13.1 Å². The number of nitrogens with zero attached hydrogens (tertiary/aromatic N) is 1. The third-order valence-electron chi connectivity index (χ3n) is 3.09. The molecule has 1 aromatic carbocycles. The maximum atomic E-state index is 13.7. The van der Waals surface area contributed by atoms with E-state index in [4.69, 9.17) is 0 Å². The average Bonchev–Trinajstić information content (AvgIpc) is 2.37. The minimum Gasteiger partial charge on any atom is -0.367 e. The van der Waals surface area contributed by atoms with Crippen molar-refractivity contribution in [1.82, 2.24) is 4.90 Å². The Labute approximate surface area is 113 Å². The van der Waals surface area contributed by atoms with Crippen LogP contribution in [0.25, 0.3) is 5.70 Å². The van der Waals surface area contributed by atoms with E-state index in [-0.39, 0.29) is 17.8 Å². The molecule has 6 heteroatoms. The van der Waals surface area contributed by atoms with E-state index < -0.39 is 29.4 Å². The summed E-state index contributed by atoms with van der Waals surface area (Å²) in [6, 6.07) is 1.14. The highest BCUT2D eigenvalue weighted by Gasteiger charge is 2.25. The Morgan fingerprint density at radius 2 is 1.70 bits per heavy atom. The van der Waals surface area contributed by atoms with Crippen LogP contribution in [0.4, 0.5) is 22.0 Å². The van der Waals surface area contributed by atoms with Crippen molar-refractivity contribution in [3.63, 3.8) is 0 Å². The van der Waals surface area contributed by atoms with Crippen molar-refractivity contribution in [2.24, 2.45) is 0 Å². The molecule has 1 aliphatic heterocycles. The Bertz CT molecular complexity index is 554. The lowest BCUT2D eigenvalue weighted by Gasteiger charge is -2.30. The second kappa shape index (κ2) is 5.64. The zero-order valence-electron chi connectivity index (χ0n) is 10.6. The van der Waals surface area contributed by atoms with E-state index in [0.29, 0.717) is 18.7 Å². The van der Waals surface area contributed by atoms with E-state index >= 15 is 0 Å². The molecular weight excluding hydrogens is 277 g/mol. The van der Waals surface area contributed by atoms with Crippen LogP contribution < -0.4 is 0 Å². The van der Waals surface area contributed by atoms with Gasteiger partial charge in [0.15, 0.2) is 0 Å². The number of benzene rings is 1. The zero-order valence-corrected chi connectivity index (χ0v) is 10.6. The van der Waals surface area contributed by atoms with E-state index in [0.717, 1.165) is 6.08 Å². The van der Waals surface area contributed by atoms with E-state index in [2.05, 4.69) is 0 Å². The van der Waals surface area contributed by atoms with E-state index in [1.54, 1.807) is 6.92 Å². The summed E-state index contributed by atoms with van der Waals surface area (Å²) in [6.07, 6.45) is -0.243. The highest BCUT2D eigenvalue weighted by Crippen LogP contribution is 2.30. The first-order valence-corrected chi connectivity index (χ1v) is 6.02. The molecule has 2 rings (SSSR count). The summed E-state index contributed by atoms with van der Waals surface area (Å²) in [7, 11) is 0. The van der Waals surface area contributed by atoms with Crippen molar-refractivity contribution in [3.05, 3.63) is 52.9 Å². The Morgan fingerprint density at radius 3 is 2.20 bits per heavy atom. The van der Waals surface area contributed by atoms with Gasteiger partial charge in [0.25, 0.3) is 6.43 Å². The maximum absolute atomic E-state index is 13.7. The molecule has 0 atom stereocenters. The number of alkyl halides is 2. The molecule has 0 unspecified atom stereocenters. The van der Waals surface area contributed by atoms with Crippen molar-refractivity contribution in [2.45, 2.75) is 13.3 Å². The molecule has 1 heterocycles. The Hall–Kier alpha value is -1.85. The quantitative estimate of drug-likeness (QED) is 0.761. The summed E-state index contributed by atoms with van der Waals surface area (Å²) in [5.74, 6) is -3.13. The van der Waals surface area contributed by atoms with Gasteiger partial charge >= 0.3 is 0 Å². The van der Waals surface area contributed by atoms with Crippen molar-refractivity contribution >= 4 is 5.70 Å². The van der Waals surface area contributed by atoms with Gasteiger partial charge in [-0.25, -0.2) is 22.0 Å². The summed E-state index contributed by atoms with van der Waals surface area (Å²) < 4.78 is 65.7. The van der Waals surface area contributed by atoms with Crippen LogP contribution in [0.2, 0.25) is 0 Å². The summed E-state index contributed by atoms with van der Waals surface area (Å²) in [5, 5.41) is 0. The molecule has 0 N–H and O–H groups in total. The van der Waals surface area contributed by atoms with Crippen molar-refractivity contribution < 1.29 is 22.0 Å². The molecule has 0 aliphatic carbocycles. The summed E-state index contributed by atoms with van der Waals surface area (Å²) in [5.41, 5.74) is -0.400. The van der Waals surface area contributed by atoms with Gasteiger partial charge in [-0.05, 0) is 13.0 Å². The van der Waals surface area contributed by atoms with Crippen LogP contribution in [0, 0.1) is 17.5 Å². The van der Waals surface area contributed by atoms with Crippen molar-refractivity contribution in [1.29, 1.82) is 0 Å². The highest BCUT2D eigenvalue weighted by atomic mass is 19.3. The monoisotopic (exact) mass is 289 g/mol. The number of hydrogen-bond acceptors (Lipinski definition) is 1. The molecule has 1 aromatic rings. The summed E-state index contributed by atoms with van der Waals surface area (Å²) >= 11 is 0. The summed E-state index contributed by atoms with van der Waals surface area (Å²) in [4.78, 5) is 1.42. The number of allylic oxidation sites excluding steroid dienone is 2. The maximum Gasteiger partial charge on any atom is 0.261 e. The topological polar surface area (TPSA) is 3.24 Å². The second-order valence-corrected chi connectivity index (χ2v) is 4.35. The van der Waals surface area contributed by atoms with E-state index in [1.807, 2.05) is 0 Å². The second-order valence-electron chi connectivity index (χ2n) is 4.35. The first-order chi connectivity index (χ1) is 9.43. The smallest absolute Gasteiger partial charge is 0.261 e. The van der Waals surface area contributed by atoms with Crippen LogP contribution >= 0.6 is 0 Å². The highest BCUT2D eigenvalue weighted by molar-refractivity contribution is 5.68. The van der Waals surface area contributed by atoms with Gasteiger partial charge in [0, 0.05) is 30.8 Å². The predicted octanol–water partition coefficient (Wildman–Crippen LogP) is 3.97. The Kier molecular flexibility index (Phi) is 4.11. The molecule has 0 fully saturated rings. The van der Waals surface area contributed by atoms with Gasteiger partial charge in [-0.1, -0.05) is 6.08 Å². The van der Waals surface area contributed by atoms with Crippen LogP contribution in [0.15, 0.2) is 29.9 Å². The SMILES string of the molecule is CCN1CC(C(F)F)=CC=C1c1c(F)cc(F)cc1F. The minimum atomic E-state index is -2.62. The third-order valence-corrected chi connectivity index (χ3v) is 3.09. The van der Waals surface area contributed by atoms with Crippen LogP contribution in [0.3, 0.4) is 0 Å². The molecule has 0 amide bonds. The van der Waals surface area contributed by atoms with Crippen LogP contribution in [0.1, 0.15) is 12.5 Å². The predicted molar refractivity (Wildman–Crippen MR) is 65.6 cm³/mol. The lowest BCUT2D eigenvalue weighted by molar-refractivity contribution is 0.179. The van der Waals surface area contributed by atoms with Gasteiger partial charge in [-0.15, -0.1) is 0 Å². The molecule has 108 valence electrons. The molecule has 20 heavy (non-hydrogen) atoms. The van der Waals surface area contributed by atoms with Gasteiger partial charge < -0.3 is 4.90 Å². The first kappa shape index (κ1) is 14.6. The third kappa shape index (κ3) is 2.69. The van der Waals surface area contributed by atoms with Gasteiger partial charge in [-0.2, -0.15) is 0 Å². The lowest BCUT2D eigenvalue weighted by atomic mass is 10.0. The molecule has 0 aromatic heterocycles. The van der Waals surface area contributed by atoms with E-state index in [1.165, 1.54) is 11.0 Å². The van der Waals surface area contributed by atoms with Gasteiger partial charge in [0.2, 0.25) is 0 Å². The van der Waals surface area contributed by atoms with E-state index in [9.17, 15) is 22.0 Å². The summed E-state index contributed by atoms with van der Waals surface area (Å²) in [6.45, 7) is 1.87. The Morgan fingerprint density at radius 1 is 1.10 bits per heavy atom. The molecular formula is C14H12F5N. The number of halogens is 5. The molecule has 1 nitrogen and oxygen atoms in total. The number of rotatable bonds is 3. The van der Waals surface area contributed by atoms with Gasteiger partial charge in [0.1, 0.15) is 17.5 Å². The van der Waals surface area contributed by atoms with Crippen LogP contribution in [-0.4, -0.2) is 24.4 Å². The Balaban J connectivity index is 2.51. The molecule has 0 saturated carbocycles. The number of likely N-dealkylation sites (N-methyl/N-ethyl adjacent to an activating group) is 1. The zero-order chi connectivity index (χ0) is 14.9.